The number of fused-ring (bicyclic) bond motifs is 5. The van der Waals surface area contributed by atoms with Crippen LogP contribution < -0.4 is 4.43 Å². The molecule has 168 valence electrons. The van der Waals surface area contributed by atoms with Crippen molar-refractivity contribution < 1.29 is 13.6 Å². The molecule has 30 heavy (non-hydrogen) atoms. The van der Waals surface area contributed by atoms with E-state index in [9.17, 15) is 0 Å². The highest BCUT2D eigenvalue weighted by Crippen LogP contribution is 2.63. The standard InChI is InChI=1S/C25H42O3Si2/c1-25-14-13-19-18-10-9-17(27-29(3,4)5)15-21(18)23(26-2)16-20(19)22(25)11-12-24(25)28-30(6,7)8/h9-10,15,19-20,22-24H,11-14,16H2,1-8H3/t19-,20-,22+,23+,24+,25+/m1/s1. The van der Waals surface area contributed by atoms with Gasteiger partial charge in [-0.1, -0.05) is 13.0 Å². The molecule has 0 N–H and O–H groups in total. The molecule has 0 unspecified atom stereocenters. The second-order valence-electron chi connectivity index (χ2n) is 12.2. The summed E-state index contributed by atoms with van der Waals surface area (Å²) in [6.45, 7) is 16.3. The van der Waals surface area contributed by atoms with Gasteiger partial charge in [0.15, 0.2) is 8.32 Å². The van der Waals surface area contributed by atoms with Crippen molar-refractivity contribution in [1.29, 1.82) is 0 Å². The van der Waals surface area contributed by atoms with Crippen LogP contribution in [0.5, 0.6) is 5.75 Å². The third-order valence-electron chi connectivity index (χ3n) is 7.85. The van der Waals surface area contributed by atoms with E-state index in [-0.39, 0.29) is 6.10 Å². The van der Waals surface area contributed by atoms with E-state index in [4.69, 9.17) is 13.6 Å². The predicted octanol–water partition coefficient (Wildman–Crippen LogP) is 7.12. The molecule has 0 amide bonds. The Bertz CT molecular complexity index is 782. The molecule has 2 saturated carbocycles. The molecule has 0 aliphatic heterocycles. The van der Waals surface area contributed by atoms with Gasteiger partial charge < -0.3 is 13.6 Å². The summed E-state index contributed by atoms with van der Waals surface area (Å²) in [7, 11) is -1.26. The first-order valence-electron chi connectivity index (χ1n) is 11.9. The SMILES string of the molecule is CO[C@H]1C[C@@H]2[C@H](CC[C@]3(C)[C@@H](O[Si](C)(C)C)CC[C@@H]23)c2ccc(O[Si](C)(C)C)cc21. The molecule has 0 heterocycles. The van der Waals surface area contributed by atoms with Crippen LogP contribution in [0.3, 0.4) is 0 Å². The summed E-state index contributed by atoms with van der Waals surface area (Å²) in [5.74, 6) is 3.15. The van der Waals surface area contributed by atoms with Gasteiger partial charge in [-0.05, 0) is 118 Å². The van der Waals surface area contributed by atoms with Crippen LogP contribution in [0.2, 0.25) is 39.3 Å². The summed E-state index contributed by atoms with van der Waals surface area (Å²) in [5, 5.41) is 0. The lowest BCUT2D eigenvalue weighted by Crippen LogP contribution is -2.47. The smallest absolute Gasteiger partial charge is 0.242 e. The Morgan fingerprint density at radius 1 is 0.933 bits per heavy atom. The highest BCUT2D eigenvalue weighted by molar-refractivity contribution is 6.70. The number of hydrogen-bond donors (Lipinski definition) is 0. The van der Waals surface area contributed by atoms with E-state index in [1.807, 2.05) is 7.11 Å². The van der Waals surface area contributed by atoms with Crippen molar-refractivity contribution in [3.05, 3.63) is 29.3 Å². The van der Waals surface area contributed by atoms with Gasteiger partial charge in [0.05, 0.1) is 12.2 Å². The van der Waals surface area contributed by atoms with Crippen molar-refractivity contribution in [2.45, 2.75) is 96.4 Å². The first kappa shape index (κ1) is 22.6. The molecule has 6 atom stereocenters. The lowest BCUT2D eigenvalue weighted by Gasteiger charge is -2.52. The van der Waals surface area contributed by atoms with Crippen LogP contribution in [0, 0.1) is 17.3 Å². The molecule has 0 aromatic heterocycles. The zero-order valence-electron chi connectivity index (χ0n) is 20.4. The van der Waals surface area contributed by atoms with Gasteiger partial charge in [-0.3, -0.25) is 0 Å². The topological polar surface area (TPSA) is 27.7 Å². The molecule has 3 aliphatic carbocycles. The van der Waals surface area contributed by atoms with Crippen LogP contribution in [-0.4, -0.2) is 29.8 Å². The average molecular weight is 447 g/mol. The summed E-state index contributed by atoms with van der Waals surface area (Å²) >= 11 is 0. The predicted molar refractivity (Wildman–Crippen MR) is 129 cm³/mol. The van der Waals surface area contributed by atoms with Crippen molar-refractivity contribution in [3.8, 4) is 5.75 Å². The summed E-state index contributed by atoms with van der Waals surface area (Å²) in [6, 6.07) is 6.87. The Morgan fingerprint density at radius 2 is 1.67 bits per heavy atom. The number of hydrogen-bond acceptors (Lipinski definition) is 3. The minimum Gasteiger partial charge on any atom is -0.544 e. The zero-order chi connectivity index (χ0) is 21.9. The Labute approximate surface area is 186 Å². The molecule has 0 spiro atoms. The second kappa shape index (κ2) is 7.75. The summed E-state index contributed by atoms with van der Waals surface area (Å²) in [4.78, 5) is 0. The van der Waals surface area contributed by atoms with E-state index in [0.29, 0.717) is 23.4 Å². The van der Waals surface area contributed by atoms with Gasteiger partial charge in [0, 0.05) is 7.11 Å². The normalized spacial score (nSPS) is 36.1. The molecular formula is C25H42O3Si2. The molecular weight excluding hydrogens is 404 g/mol. The van der Waals surface area contributed by atoms with Gasteiger partial charge in [-0.2, -0.15) is 0 Å². The first-order chi connectivity index (χ1) is 13.9. The van der Waals surface area contributed by atoms with Crippen LogP contribution in [0.25, 0.3) is 0 Å². The minimum absolute atomic E-state index is 0.186. The molecule has 0 radical (unpaired) electrons. The van der Waals surface area contributed by atoms with Crippen molar-refractivity contribution in [1.82, 2.24) is 0 Å². The van der Waals surface area contributed by atoms with Crippen LogP contribution in [0.15, 0.2) is 18.2 Å². The molecule has 1 aromatic rings. The van der Waals surface area contributed by atoms with Gasteiger partial charge in [-0.25, -0.2) is 0 Å². The second-order valence-corrected chi connectivity index (χ2v) is 21.1. The number of benzene rings is 1. The summed E-state index contributed by atoms with van der Waals surface area (Å²) in [6.07, 6.45) is 6.90. The highest BCUT2D eigenvalue weighted by Gasteiger charge is 2.56. The van der Waals surface area contributed by atoms with E-state index in [1.54, 1.807) is 0 Å². The monoisotopic (exact) mass is 446 g/mol. The van der Waals surface area contributed by atoms with Crippen molar-refractivity contribution in [2.75, 3.05) is 7.11 Å². The third kappa shape index (κ3) is 4.19. The van der Waals surface area contributed by atoms with Crippen LogP contribution in [-0.2, 0) is 9.16 Å². The van der Waals surface area contributed by atoms with Crippen LogP contribution >= 0.6 is 0 Å². The molecule has 1 aromatic carbocycles. The summed E-state index contributed by atoms with van der Waals surface area (Å²) < 4.78 is 19.1. The molecule has 2 fully saturated rings. The lowest BCUT2D eigenvalue weighted by atomic mass is 9.55. The van der Waals surface area contributed by atoms with Gasteiger partial charge >= 0.3 is 0 Å². The van der Waals surface area contributed by atoms with Gasteiger partial charge in [0.1, 0.15) is 5.75 Å². The maximum Gasteiger partial charge on any atom is 0.242 e. The fourth-order valence-corrected chi connectivity index (χ4v) is 8.83. The molecule has 0 bridgehead atoms. The number of ether oxygens (including phenoxy) is 1. The van der Waals surface area contributed by atoms with Gasteiger partial charge in [0.25, 0.3) is 0 Å². The lowest BCUT2D eigenvalue weighted by molar-refractivity contribution is -0.0374. The Kier molecular flexibility index (Phi) is 5.83. The molecule has 3 aliphatic rings. The fourth-order valence-electron chi connectivity index (χ4n) is 6.76. The fraction of sp³-hybridized carbons (Fsp3) is 0.760. The third-order valence-corrected chi connectivity index (χ3v) is 9.69. The van der Waals surface area contributed by atoms with Gasteiger partial charge in [0.2, 0.25) is 8.32 Å². The zero-order valence-corrected chi connectivity index (χ0v) is 22.4. The van der Waals surface area contributed by atoms with Crippen LogP contribution in [0.1, 0.15) is 62.2 Å². The Morgan fingerprint density at radius 3 is 2.30 bits per heavy atom. The van der Waals surface area contributed by atoms with E-state index in [2.05, 4.69) is 64.4 Å². The maximum atomic E-state index is 6.73. The molecule has 4 rings (SSSR count). The van der Waals surface area contributed by atoms with Crippen LogP contribution in [0.4, 0.5) is 0 Å². The average Bonchev–Trinajstić information content (AvgIpc) is 2.94. The number of rotatable bonds is 5. The molecule has 0 saturated heterocycles. The Hall–Kier alpha value is -0.626. The van der Waals surface area contributed by atoms with E-state index >= 15 is 0 Å². The molecule has 3 nitrogen and oxygen atoms in total. The van der Waals surface area contributed by atoms with E-state index in [1.165, 1.54) is 36.8 Å². The van der Waals surface area contributed by atoms with Crippen molar-refractivity contribution in [2.24, 2.45) is 17.3 Å². The first-order valence-corrected chi connectivity index (χ1v) is 18.8. The largest absolute Gasteiger partial charge is 0.544 e. The Balaban J connectivity index is 1.63. The number of methoxy groups -OCH3 is 1. The van der Waals surface area contributed by atoms with Crippen molar-refractivity contribution in [3.63, 3.8) is 0 Å². The maximum absolute atomic E-state index is 6.73. The van der Waals surface area contributed by atoms with E-state index < -0.39 is 16.6 Å². The molecule has 5 heteroatoms. The van der Waals surface area contributed by atoms with Gasteiger partial charge in [-0.15, -0.1) is 0 Å². The van der Waals surface area contributed by atoms with Crippen molar-refractivity contribution >= 4 is 16.6 Å². The summed E-state index contributed by atoms with van der Waals surface area (Å²) in [5.41, 5.74) is 3.24. The quantitative estimate of drug-likeness (QED) is 0.451. The minimum atomic E-state index is -1.62. The highest BCUT2D eigenvalue weighted by atomic mass is 28.4. The van der Waals surface area contributed by atoms with E-state index in [0.717, 1.165) is 18.1 Å².